The largest absolute Gasteiger partial charge is 0.325 e. The molecule has 22 heavy (non-hydrogen) atoms. The van der Waals surface area contributed by atoms with Gasteiger partial charge in [-0.25, -0.2) is 0 Å². The Balaban J connectivity index is 1.92. The van der Waals surface area contributed by atoms with Gasteiger partial charge in [0.15, 0.2) is 0 Å². The van der Waals surface area contributed by atoms with Crippen molar-refractivity contribution < 1.29 is 4.79 Å². The third kappa shape index (κ3) is 4.37. The van der Waals surface area contributed by atoms with Gasteiger partial charge >= 0.3 is 0 Å². The van der Waals surface area contributed by atoms with E-state index in [1.807, 2.05) is 19.1 Å². The van der Waals surface area contributed by atoms with Gasteiger partial charge in [0.1, 0.15) is 0 Å². The van der Waals surface area contributed by atoms with Gasteiger partial charge in [-0.2, -0.15) is 5.26 Å². The van der Waals surface area contributed by atoms with Crippen LogP contribution in [0.2, 0.25) is 0 Å². The molecule has 112 valence electrons. The SMILES string of the molecule is Cc1ccccc1CS[C@@H](C)C(=O)Nc1cccc(C#N)c1. The van der Waals surface area contributed by atoms with Gasteiger partial charge in [0.05, 0.1) is 16.9 Å². The Morgan fingerprint density at radius 3 is 2.77 bits per heavy atom. The fourth-order valence-corrected chi connectivity index (χ4v) is 2.94. The number of nitrogens with zero attached hydrogens (tertiary/aromatic N) is 1. The third-order valence-electron chi connectivity index (χ3n) is 3.38. The number of amides is 1. The molecule has 0 spiro atoms. The van der Waals surface area contributed by atoms with Crippen molar-refractivity contribution in [2.24, 2.45) is 0 Å². The van der Waals surface area contributed by atoms with E-state index in [0.29, 0.717) is 11.3 Å². The molecule has 0 bridgehead atoms. The molecule has 0 heterocycles. The summed E-state index contributed by atoms with van der Waals surface area (Å²) in [4.78, 5) is 12.2. The molecule has 1 amide bonds. The molecule has 0 unspecified atom stereocenters. The lowest BCUT2D eigenvalue weighted by molar-refractivity contribution is -0.115. The molecule has 1 atom stereocenters. The van der Waals surface area contributed by atoms with E-state index in [1.54, 1.807) is 36.0 Å². The molecule has 0 aliphatic rings. The van der Waals surface area contributed by atoms with Crippen LogP contribution in [-0.2, 0) is 10.5 Å². The van der Waals surface area contributed by atoms with Crippen molar-refractivity contribution in [2.75, 3.05) is 5.32 Å². The Morgan fingerprint density at radius 2 is 2.05 bits per heavy atom. The maximum absolute atomic E-state index is 12.2. The highest BCUT2D eigenvalue weighted by Gasteiger charge is 2.14. The number of carbonyl (C=O) groups excluding carboxylic acids is 1. The maximum atomic E-state index is 12.2. The highest BCUT2D eigenvalue weighted by molar-refractivity contribution is 7.99. The van der Waals surface area contributed by atoms with Gasteiger partial charge < -0.3 is 5.32 Å². The molecule has 0 aliphatic heterocycles. The lowest BCUT2D eigenvalue weighted by atomic mass is 10.1. The zero-order chi connectivity index (χ0) is 15.9. The summed E-state index contributed by atoms with van der Waals surface area (Å²) < 4.78 is 0. The van der Waals surface area contributed by atoms with Crippen LogP contribution in [0.15, 0.2) is 48.5 Å². The fraction of sp³-hybridized carbons (Fsp3) is 0.222. The van der Waals surface area contributed by atoms with Crippen molar-refractivity contribution in [3.8, 4) is 6.07 Å². The number of thioether (sulfide) groups is 1. The fourth-order valence-electron chi connectivity index (χ4n) is 1.97. The summed E-state index contributed by atoms with van der Waals surface area (Å²) in [6.07, 6.45) is 0. The van der Waals surface area contributed by atoms with Crippen LogP contribution < -0.4 is 5.32 Å². The van der Waals surface area contributed by atoms with Crippen LogP contribution in [0.25, 0.3) is 0 Å². The number of carbonyl (C=O) groups is 1. The summed E-state index contributed by atoms with van der Waals surface area (Å²) in [5, 5.41) is 11.6. The summed E-state index contributed by atoms with van der Waals surface area (Å²) in [6, 6.07) is 17.2. The second-order valence-corrected chi connectivity index (χ2v) is 6.39. The molecule has 0 saturated heterocycles. The smallest absolute Gasteiger partial charge is 0.237 e. The van der Waals surface area contributed by atoms with Crippen LogP contribution in [0.4, 0.5) is 5.69 Å². The van der Waals surface area contributed by atoms with Crippen LogP contribution in [0.1, 0.15) is 23.6 Å². The highest BCUT2D eigenvalue weighted by Crippen LogP contribution is 2.21. The Labute approximate surface area is 135 Å². The summed E-state index contributed by atoms with van der Waals surface area (Å²) in [5.41, 5.74) is 3.69. The maximum Gasteiger partial charge on any atom is 0.237 e. The molecule has 2 aromatic carbocycles. The first-order chi connectivity index (χ1) is 10.6. The predicted octanol–water partition coefficient (Wildman–Crippen LogP) is 4.13. The number of hydrogen-bond acceptors (Lipinski definition) is 3. The molecular weight excluding hydrogens is 292 g/mol. The van der Waals surface area contributed by atoms with Crippen molar-refractivity contribution in [1.29, 1.82) is 5.26 Å². The number of hydrogen-bond donors (Lipinski definition) is 1. The number of rotatable bonds is 5. The van der Waals surface area contributed by atoms with E-state index >= 15 is 0 Å². The summed E-state index contributed by atoms with van der Waals surface area (Å²) in [7, 11) is 0. The van der Waals surface area contributed by atoms with Gasteiger partial charge in [-0.3, -0.25) is 4.79 Å². The van der Waals surface area contributed by atoms with E-state index in [9.17, 15) is 4.79 Å². The Morgan fingerprint density at radius 1 is 1.27 bits per heavy atom. The van der Waals surface area contributed by atoms with Gasteiger partial charge in [0.25, 0.3) is 0 Å². The van der Waals surface area contributed by atoms with Gasteiger partial charge in [-0.15, -0.1) is 11.8 Å². The average Bonchev–Trinajstić information content (AvgIpc) is 2.54. The van der Waals surface area contributed by atoms with E-state index in [-0.39, 0.29) is 11.2 Å². The molecule has 3 nitrogen and oxygen atoms in total. The quantitative estimate of drug-likeness (QED) is 0.903. The molecule has 2 aromatic rings. The summed E-state index contributed by atoms with van der Waals surface area (Å²) >= 11 is 1.60. The molecule has 0 aliphatic carbocycles. The average molecular weight is 310 g/mol. The first-order valence-electron chi connectivity index (χ1n) is 7.07. The zero-order valence-electron chi connectivity index (χ0n) is 12.7. The van der Waals surface area contributed by atoms with Gasteiger partial charge in [0.2, 0.25) is 5.91 Å². The second-order valence-electron chi connectivity index (χ2n) is 5.06. The minimum absolute atomic E-state index is 0.0475. The van der Waals surface area contributed by atoms with E-state index in [0.717, 1.165) is 5.75 Å². The monoisotopic (exact) mass is 310 g/mol. The zero-order valence-corrected chi connectivity index (χ0v) is 13.5. The van der Waals surface area contributed by atoms with Crippen molar-refractivity contribution >= 4 is 23.4 Å². The summed E-state index contributed by atoms with van der Waals surface area (Å²) in [5.74, 6) is 0.758. The van der Waals surface area contributed by atoms with Gasteiger partial charge in [0, 0.05) is 11.4 Å². The van der Waals surface area contributed by atoms with Crippen molar-refractivity contribution in [2.45, 2.75) is 24.9 Å². The van der Waals surface area contributed by atoms with Crippen LogP contribution in [0.3, 0.4) is 0 Å². The van der Waals surface area contributed by atoms with Crippen molar-refractivity contribution in [1.82, 2.24) is 0 Å². The molecule has 0 saturated carbocycles. The Hall–Kier alpha value is -2.25. The predicted molar refractivity (Wildman–Crippen MR) is 91.7 cm³/mol. The molecule has 1 N–H and O–H groups in total. The van der Waals surface area contributed by atoms with Crippen molar-refractivity contribution in [3.63, 3.8) is 0 Å². The van der Waals surface area contributed by atoms with E-state index in [2.05, 4.69) is 30.4 Å². The number of benzene rings is 2. The molecular formula is C18H18N2OS. The minimum Gasteiger partial charge on any atom is -0.325 e. The first kappa shape index (κ1) is 16.1. The lowest BCUT2D eigenvalue weighted by Crippen LogP contribution is -2.22. The Bertz CT molecular complexity index is 706. The van der Waals surface area contributed by atoms with E-state index < -0.39 is 0 Å². The van der Waals surface area contributed by atoms with E-state index in [4.69, 9.17) is 5.26 Å². The molecule has 0 aromatic heterocycles. The number of aryl methyl sites for hydroxylation is 1. The Kier molecular flexibility index (Phi) is 5.62. The van der Waals surface area contributed by atoms with E-state index in [1.165, 1.54) is 11.1 Å². The van der Waals surface area contributed by atoms with Crippen molar-refractivity contribution in [3.05, 3.63) is 65.2 Å². The number of nitrogens with one attached hydrogen (secondary N) is 1. The second kappa shape index (κ2) is 7.67. The van der Waals surface area contributed by atoms with Gasteiger partial charge in [-0.1, -0.05) is 30.3 Å². The number of nitriles is 1. The van der Waals surface area contributed by atoms with Crippen LogP contribution >= 0.6 is 11.8 Å². The molecule has 2 rings (SSSR count). The molecule has 0 fully saturated rings. The third-order valence-corrected chi connectivity index (χ3v) is 4.57. The normalized spacial score (nSPS) is 11.5. The highest BCUT2D eigenvalue weighted by atomic mass is 32.2. The summed E-state index contributed by atoms with van der Waals surface area (Å²) in [6.45, 7) is 3.97. The number of anilines is 1. The van der Waals surface area contributed by atoms with Crippen LogP contribution in [0, 0.1) is 18.3 Å². The standard InChI is InChI=1S/C18H18N2OS/c1-13-6-3-4-8-16(13)12-22-14(2)18(21)20-17-9-5-7-15(10-17)11-19/h3-10,14H,12H2,1-2H3,(H,20,21)/t14-/m0/s1. The molecule has 4 heteroatoms. The lowest BCUT2D eigenvalue weighted by Gasteiger charge is -2.13. The van der Waals surface area contributed by atoms with Gasteiger partial charge in [-0.05, 0) is 43.2 Å². The van der Waals surface area contributed by atoms with Crippen LogP contribution in [-0.4, -0.2) is 11.2 Å². The molecule has 0 radical (unpaired) electrons. The topological polar surface area (TPSA) is 52.9 Å². The first-order valence-corrected chi connectivity index (χ1v) is 8.12. The van der Waals surface area contributed by atoms with Crippen LogP contribution in [0.5, 0.6) is 0 Å². The minimum atomic E-state index is -0.162.